The van der Waals surface area contributed by atoms with E-state index >= 15 is 0 Å². The van der Waals surface area contributed by atoms with E-state index in [2.05, 4.69) is 22.9 Å². The van der Waals surface area contributed by atoms with Gasteiger partial charge in [0, 0.05) is 15.3 Å². The predicted octanol–water partition coefficient (Wildman–Crippen LogP) is 2.97. The first-order chi connectivity index (χ1) is 6.68. The summed E-state index contributed by atoms with van der Waals surface area (Å²) in [4.78, 5) is 1.02. The number of hydrogen-bond donors (Lipinski definition) is 1. The van der Waals surface area contributed by atoms with E-state index in [9.17, 15) is 5.11 Å². The zero-order chi connectivity index (χ0) is 10.1. The molecule has 3 atom stereocenters. The van der Waals surface area contributed by atoms with E-state index in [-0.39, 0.29) is 18.1 Å². The Kier molecular flexibility index (Phi) is 3.27. The highest BCUT2D eigenvalue weighted by Crippen LogP contribution is 2.37. The minimum absolute atomic E-state index is 0.250. The summed E-state index contributed by atoms with van der Waals surface area (Å²) in [7, 11) is 0. The van der Waals surface area contributed by atoms with Crippen molar-refractivity contribution < 1.29 is 9.84 Å². The summed E-state index contributed by atoms with van der Waals surface area (Å²) in [5.41, 5.74) is 0. The minimum Gasteiger partial charge on any atom is -0.387 e. The second-order valence-corrected chi connectivity index (χ2v) is 5.52. The summed E-state index contributed by atoms with van der Waals surface area (Å²) in [6.07, 6.45) is 0.855. The van der Waals surface area contributed by atoms with Crippen molar-refractivity contribution in [2.24, 2.45) is 5.92 Å². The van der Waals surface area contributed by atoms with Crippen LogP contribution in [0.4, 0.5) is 0 Å². The molecule has 14 heavy (non-hydrogen) atoms. The average molecular weight is 277 g/mol. The fraction of sp³-hybridized carbons (Fsp3) is 0.600. The van der Waals surface area contributed by atoms with Gasteiger partial charge in [0.15, 0.2) is 0 Å². The molecule has 1 fully saturated rings. The topological polar surface area (TPSA) is 29.5 Å². The molecule has 1 aromatic heterocycles. The normalized spacial score (nSPS) is 29.4. The van der Waals surface area contributed by atoms with Crippen molar-refractivity contribution in [2.45, 2.75) is 25.6 Å². The molecule has 4 heteroatoms. The van der Waals surface area contributed by atoms with Gasteiger partial charge in [-0.2, -0.15) is 0 Å². The lowest BCUT2D eigenvalue weighted by Crippen LogP contribution is -2.11. The highest BCUT2D eigenvalue weighted by atomic mass is 79.9. The molecule has 0 aliphatic carbocycles. The third kappa shape index (κ3) is 2.03. The van der Waals surface area contributed by atoms with Crippen molar-refractivity contribution in [3.63, 3.8) is 0 Å². The van der Waals surface area contributed by atoms with Gasteiger partial charge in [0.25, 0.3) is 0 Å². The lowest BCUT2D eigenvalue weighted by atomic mass is 9.98. The van der Waals surface area contributed by atoms with Crippen LogP contribution in [0.25, 0.3) is 0 Å². The van der Waals surface area contributed by atoms with E-state index in [1.807, 2.05) is 11.4 Å². The van der Waals surface area contributed by atoms with Gasteiger partial charge in [-0.1, -0.05) is 0 Å². The molecule has 0 bridgehead atoms. The zero-order valence-electron chi connectivity index (χ0n) is 7.94. The average Bonchev–Trinajstić information content (AvgIpc) is 2.73. The molecule has 0 radical (unpaired) electrons. The number of aliphatic hydroxyl groups excluding tert-OH is 1. The van der Waals surface area contributed by atoms with E-state index in [1.165, 1.54) is 0 Å². The molecule has 1 aliphatic heterocycles. The van der Waals surface area contributed by atoms with Gasteiger partial charge < -0.3 is 9.84 Å². The van der Waals surface area contributed by atoms with E-state index in [0.717, 1.165) is 15.8 Å². The lowest BCUT2D eigenvalue weighted by Gasteiger charge is -2.15. The van der Waals surface area contributed by atoms with Crippen LogP contribution < -0.4 is 0 Å². The largest absolute Gasteiger partial charge is 0.387 e. The van der Waals surface area contributed by atoms with Crippen LogP contribution in [0.15, 0.2) is 15.9 Å². The first-order valence-corrected chi connectivity index (χ1v) is 6.38. The van der Waals surface area contributed by atoms with Gasteiger partial charge in [0.1, 0.15) is 0 Å². The highest BCUT2D eigenvalue weighted by molar-refractivity contribution is 9.10. The fourth-order valence-electron chi connectivity index (χ4n) is 1.80. The van der Waals surface area contributed by atoms with Crippen LogP contribution in [0.3, 0.4) is 0 Å². The molecule has 0 spiro atoms. The Morgan fingerprint density at radius 1 is 1.71 bits per heavy atom. The molecule has 2 rings (SSSR count). The smallest absolute Gasteiger partial charge is 0.0944 e. The number of rotatable bonds is 2. The van der Waals surface area contributed by atoms with Crippen molar-refractivity contribution in [1.82, 2.24) is 0 Å². The maximum Gasteiger partial charge on any atom is 0.0944 e. The lowest BCUT2D eigenvalue weighted by molar-refractivity contribution is 0.0819. The first kappa shape index (κ1) is 10.6. The van der Waals surface area contributed by atoms with Gasteiger partial charge in [0.2, 0.25) is 0 Å². The Bertz CT molecular complexity index is 313. The molecule has 78 valence electrons. The summed E-state index contributed by atoms with van der Waals surface area (Å²) < 4.78 is 6.46. The first-order valence-electron chi connectivity index (χ1n) is 4.71. The molecule has 0 amide bonds. The van der Waals surface area contributed by atoms with E-state index in [4.69, 9.17) is 4.74 Å². The fourth-order valence-corrected chi connectivity index (χ4v) is 3.49. The molecule has 2 nitrogen and oxygen atoms in total. The predicted molar refractivity (Wildman–Crippen MR) is 60.5 cm³/mol. The molecule has 0 saturated carbocycles. The molecule has 1 aromatic rings. The van der Waals surface area contributed by atoms with Gasteiger partial charge in [0.05, 0.1) is 18.8 Å². The second-order valence-electron chi connectivity index (χ2n) is 3.72. The van der Waals surface area contributed by atoms with E-state index in [0.29, 0.717) is 6.61 Å². The Morgan fingerprint density at radius 3 is 3.00 bits per heavy atom. The zero-order valence-corrected chi connectivity index (χ0v) is 10.3. The van der Waals surface area contributed by atoms with Gasteiger partial charge in [-0.3, -0.25) is 0 Å². The maximum atomic E-state index is 10.1. The molecule has 1 aliphatic rings. The Balaban J connectivity index is 2.09. The highest BCUT2D eigenvalue weighted by Gasteiger charge is 2.30. The van der Waals surface area contributed by atoms with Crippen LogP contribution in [0, 0.1) is 5.92 Å². The quantitative estimate of drug-likeness (QED) is 0.900. The van der Waals surface area contributed by atoms with Crippen molar-refractivity contribution in [3.8, 4) is 0 Å². The van der Waals surface area contributed by atoms with E-state index < -0.39 is 0 Å². The van der Waals surface area contributed by atoms with Gasteiger partial charge in [-0.15, -0.1) is 11.3 Å². The summed E-state index contributed by atoms with van der Waals surface area (Å²) in [6, 6.07) is 1.97. The third-order valence-corrected chi connectivity index (χ3v) is 4.53. The molecular formula is C10H13BrO2S. The Hall–Kier alpha value is 0.1000. The summed E-state index contributed by atoms with van der Waals surface area (Å²) in [5.74, 6) is 0.250. The monoisotopic (exact) mass is 276 g/mol. The van der Waals surface area contributed by atoms with Gasteiger partial charge >= 0.3 is 0 Å². The summed E-state index contributed by atoms with van der Waals surface area (Å²) in [6.45, 7) is 2.73. The number of halogens is 1. The minimum atomic E-state index is -0.380. The molecule has 3 unspecified atom stereocenters. The standard InChI is InChI=1S/C10H13BrO2S/c1-6-4-7(5-13-6)9(12)10-8(11)2-3-14-10/h2-3,6-7,9,12H,4-5H2,1H3. The van der Waals surface area contributed by atoms with Gasteiger partial charge in [-0.25, -0.2) is 0 Å². The summed E-state index contributed by atoms with van der Waals surface area (Å²) >= 11 is 5.03. The molecule has 2 heterocycles. The van der Waals surface area contributed by atoms with Crippen LogP contribution in [0.5, 0.6) is 0 Å². The van der Waals surface area contributed by atoms with Crippen molar-refractivity contribution >= 4 is 27.3 Å². The molecule has 1 saturated heterocycles. The summed E-state index contributed by atoms with van der Waals surface area (Å²) in [5, 5.41) is 12.1. The number of thiophene rings is 1. The Morgan fingerprint density at radius 2 is 2.50 bits per heavy atom. The number of hydrogen-bond acceptors (Lipinski definition) is 3. The number of ether oxygens (including phenoxy) is 1. The van der Waals surface area contributed by atoms with Crippen molar-refractivity contribution in [2.75, 3.05) is 6.61 Å². The molecule has 0 aromatic carbocycles. The number of aliphatic hydroxyl groups is 1. The van der Waals surface area contributed by atoms with Crippen LogP contribution in [-0.4, -0.2) is 17.8 Å². The molecule has 1 N–H and O–H groups in total. The van der Waals surface area contributed by atoms with Crippen LogP contribution in [-0.2, 0) is 4.74 Å². The van der Waals surface area contributed by atoms with Crippen LogP contribution in [0.2, 0.25) is 0 Å². The van der Waals surface area contributed by atoms with Crippen LogP contribution >= 0.6 is 27.3 Å². The SMILES string of the molecule is CC1CC(C(O)c2sccc2Br)CO1. The van der Waals surface area contributed by atoms with Crippen molar-refractivity contribution in [3.05, 3.63) is 20.8 Å². The van der Waals surface area contributed by atoms with Crippen LogP contribution in [0.1, 0.15) is 24.3 Å². The second kappa shape index (κ2) is 4.31. The van der Waals surface area contributed by atoms with Gasteiger partial charge in [-0.05, 0) is 40.7 Å². The van der Waals surface area contributed by atoms with E-state index in [1.54, 1.807) is 11.3 Å². The third-order valence-electron chi connectivity index (χ3n) is 2.59. The Labute approximate surface area is 96.0 Å². The maximum absolute atomic E-state index is 10.1. The molecular weight excluding hydrogens is 264 g/mol. The van der Waals surface area contributed by atoms with Crippen molar-refractivity contribution in [1.29, 1.82) is 0 Å².